The Balaban J connectivity index is 1.52. The number of ether oxygens (including phenoxy) is 1. The van der Waals surface area contributed by atoms with E-state index in [4.69, 9.17) is 21.3 Å². The van der Waals surface area contributed by atoms with Crippen LogP contribution in [0.25, 0.3) is 22.4 Å². The molecule has 5 rings (SSSR count). The van der Waals surface area contributed by atoms with Gasteiger partial charge in [0.1, 0.15) is 18.1 Å². The van der Waals surface area contributed by atoms with Crippen molar-refractivity contribution in [2.24, 2.45) is 0 Å². The Bertz CT molecular complexity index is 1360. The van der Waals surface area contributed by atoms with Gasteiger partial charge in [-0.2, -0.15) is 5.26 Å². The molecule has 1 aliphatic carbocycles. The summed E-state index contributed by atoms with van der Waals surface area (Å²) < 4.78 is 5.26. The SMILES string of the molecule is COCc1nc(Nc2ccc(C3(C#N)CCC3)cc2)c2ccc(-c3ncccc3Cl)nc2n1. The molecule has 1 aromatic carbocycles. The lowest BCUT2D eigenvalue weighted by Gasteiger charge is -2.35. The van der Waals surface area contributed by atoms with Crippen LogP contribution in [-0.4, -0.2) is 27.0 Å². The molecule has 0 radical (unpaired) electrons. The summed E-state index contributed by atoms with van der Waals surface area (Å²) in [5.74, 6) is 1.14. The van der Waals surface area contributed by atoms with Gasteiger partial charge in [-0.1, -0.05) is 23.7 Å². The quantitative estimate of drug-likeness (QED) is 0.404. The maximum absolute atomic E-state index is 9.60. The minimum atomic E-state index is -0.334. The van der Waals surface area contributed by atoms with Gasteiger partial charge in [0.15, 0.2) is 11.5 Å². The smallest absolute Gasteiger partial charge is 0.165 e. The second kappa shape index (κ2) is 8.74. The number of methoxy groups -OCH3 is 1. The molecule has 0 unspecified atom stereocenters. The summed E-state index contributed by atoms with van der Waals surface area (Å²) in [6.45, 7) is 0.254. The van der Waals surface area contributed by atoms with E-state index in [1.54, 1.807) is 25.4 Å². The number of anilines is 2. The number of hydrogen-bond donors (Lipinski definition) is 1. The van der Waals surface area contributed by atoms with E-state index in [-0.39, 0.29) is 12.0 Å². The second-order valence-electron chi connectivity index (χ2n) is 8.07. The van der Waals surface area contributed by atoms with Crippen molar-refractivity contribution in [1.29, 1.82) is 5.26 Å². The van der Waals surface area contributed by atoms with Gasteiger partial charge in [0.2, 0.25) is 0 Å². The summed E-state index contributed by atoms with van der Waals surface area (Å²) in [5.41, 5.74) is 3.35. The molecule has 0 aliphatic heterocycles. The minimum absolute atomic E-state index is 0.254. The van der Waals surface area contributed by atoms with Crippen molar-refractivity contribution >= 4 is 34.1 Å². The van der Waals surface area contributed by atoms with Gasteiger partial charge in [-0.25, -0.2) is 15.0 Å². The largest absolute Gasteiger partial charge is 0.377 e. The van der Waals surface area contributed by atoms with Crippen LogP contribution in [0.5, 0.6) is 0 Å². The molecule has 1 fully saturated rings. The highest BCUT2D eigenvalue weighted by Crippen LogP contribution is 2.43. The Hall–Kier alpha value is -3.60. The number of nitrogens with zero attached hydrogens (tertiary/aromatic N) is 5. The molecule has 0 amide bonds. The van der Waals surface area contributed by atoms with Crippen LogP contribution < -0.4 is 5.32 Å². The lowest BCUT2D eigenvalue weighted by Crippen LogP contribution is -2.32. The summed E-state index contributed by atoms with van der Waals surface area (Å²) in [5, 5.41) is 14.3. The predicted molar refractivity (Wildman–Crippen MR) is 127 cm³/mol. The number of rotatable bonds is 6. The van der Waals surface area contributed by atoms with Crippen LogP contribution in [0.4, 0.5) is 11.5 Å². The first kappa shape index (κ1) is 21.3. The number of aromatic nitrogens is 4. The Morgan fingerprint density at radius 1 is 1.09 bits per heavy atom. The fraction of sp³-hybridized carbons (Fsp3) is 0.240. The zero-order valence-electron chi connectivity index (χ0n) is 18.0. The van der Waals surface area contributed by atoms with Crippen LogP contribution in [-0.2, 0) is 16.8 Å². The van der Waals surface area contributed by atoms with Gasteiger partial charge in [-0.3, -0.25) is 4.98 Å². The molecule has 3 aromatic heterocycles. The number of hydrogen-bond acceptors (Lipinski definition) is 7. The summed E-state index contributed by atoms with van der Waals surface area (Å²) in [7, 11) is 1.60. The number of benzene rings is 1. The van der Waals surface area contributed by atoms with E-state index in [9.17, 15) is 5.26 Å². The van der Waals surface area contributed by atoms with E-state index in [1.165, 1.54) is 0 Å². The van der Waals surface area contributed by atoms with E-state index < -0.39 is 0 Å². The molecule has 1 saturated carbocycles. The van der Waals surface area contributed by atoms with Crippen molar-refractivity contribution < 1.29 is 4.74 Å². The van der Waals surface area contributed by atoms with E-state index in [0.29, 0.717) is 33.7 Å². The molecule has 33 heavy (non-hydrogen) atoms. The minimum Gasteiger partial charge on any atom is -0.377 e. The zero-order chi connectivity index (χ0) is 22.8. The van der Waals surface area contributed by atoms with Crippen molar-refractivity contribution in [2.75, 3.05) is 12.4 Å². The van der Waals surface area contributed by atoms with E-state index in [1.807, 2.05) is 36.4 Å². The molecule has 0 atom stereocenters. The molecule has 7 nitrogen and oxygen atoms in total. The summed E-state index contributed by atoms with van der Waals surface area (Å²) in [6, 6.07) is 17.8. The molecule has 1 aliphatic rings. The van der Waals surface area contributed by atoms with Crippen molar-refractivity contribution in [1.82, 2.24) is 19.9 Å². The fourth-order valence-corrected chi connectivity index (χ4v) is 4.27. The second-order valence-corrected chi connectivity index (χ2v) is 8.48. The molecule has 164 valence electrons. The van der Waals surface area contributed by atoms with E-state index in [2.05, 4.69) is 26.3 Å². The van der Waals surface area contributed by atoms with Crippen LogP contribution in [0.2, 0.25) is 5.02 Å². The van der Waals surface area contributed by atoms with Crippen LogP contribution in [0.15, 0.2) is 54.7 Å². The average molecular weight is 457 g/mol. The lowest BCUT2D eigenvalue weighted by atomic mass is 9.65. The van der Waals surface area contributed by atoms with E-state index in [0.717, 1.165) is 35.9 Å². The maximum Gasteiger partial charge on any atom is 0.165 e. The van der Waals surface area contributed by atoms with Crippen molar-refractivity contribution in [3.8, 4) is 17.5 Å². The number of nitrogens with one attached hydrogen (secondary N) is 1. The standard InChI is InChI=1S/C25H21ClN6O/c1-33-14-21-31-23(29-17-7-5-16(6-8-17)25(15-27)11-3-12-25)18-9-10-20(30-24(18)32-21)22-19(26)4-2-13-28-22/h2,4-10,13H,3,11-12,14H2,1H3,(H,29,30,31,32). The Kier molecular flexibility index (Phi) is 5.63. The highest BCUT2D eigenvalue weighted by atomic mass is 35.5. The van der Waals surface area contributed by atoms with Crippen LogP contribution in [0.3, 0.4) is 0 Å². The van der Waals surface area contributed by atoms with Gasteiger partial charge in [-0.15, -0.1) is 0 Å². The third-order valence-corrected chi connectivity index (χ3v) is 6.31. The molecule has 0 saturated heterocycles. The third kappa shape index (κ3) is 3.99. The number of fused-ring (bicyclic) bond motifs is 1. The van der Waals surface area contributed by atoms with Gasteiger partial charge < -0.3 is 10.1 Å². The first-order valence-electron chi connectivity index (χ1n) is 10.7. The van der Waals surface area contributed by atoms with Crippen molar-refractivity contribution in [2.45, 2.75) is 31.3 Å². The normalized spacial score (nSPS) is 14.5. The number of pyridine rings is 2. The van der Waals surface area contributed by atoms with Gasteiger partial charge in [-0.05, 0) is 61.2 Å². The topological polar surface area (TPSA) is 96.6 Å². The first-order valence-corrected chi connectivity index (χ1v) is 11.1. The van der Waals surface area contributed by atoms with Gasteiger partial charge in [0.25, 0.3) is 0 Å². The molecular formula is C25H21ClN6O. The number of halogens is 1. The summed E-state index contributed by atoms with van der Waals surface area (Å²) in [4.78, 5) is 18.3. The van der Waals surface area contributed by atoms with E-state index >= 15 is 0 Å². The van der Waals surface area contributed by atoms with Crippen LogP contribution >= 0.6 is 11.6 Å². The lowest BCUT2D eigenvalue weighted by molar-refractivity contribution is 0.178. The molecule has 8 heteroatoms. The molecule has 0 spiro atoms. The monoisotopic (exact) mass is 456 g/mol. The number of nitriles is 1. The Morgan fingerprint density at radius 2 is 1.91 bits per heavy atom. The Morgan fingerprint density at radius 3 is 2.58 bits per heavy atom. The molecular weight excluding hydrogens is 436 g/mol. The average Bonchev–Trinajstić information content (AvgIpc) is 2.80. The molecule has 1 N–H and O–H groups in total. The first-order chi connectivity index (χ1) is 16.1. The van der Waals surface area contributed by atoms with Crippen molar-refractivity contribution in [3.63, 3.8) is 0 Å². The zero-order valence-corrected chi connectivity index (χ0v) is 18.8. The molecule has 0 bridgehead atoms. The maximum atomic E-state index is 9.60. The predicted octanol–water partition coefficient (Wildman–Crippen LogP) is 5.58. The Labute approximate surface area is 196 Å². The third-order valence-electron chi connectivity index (χ3n) is 6.00. The van der Waals surface area contributed by atoms with Gasteiger partial charge in [0, 0.05) is 19.0 Å². The molecule has 4 aromatic rings. The van der Waals surface area contributed by atoms with Crippen LogP contribution in [0, 0.1) is 11.3 Å². The van der Waals surface area contributed by atoms with Gasteiger partial charge in [0.05, 0.1) is 27.6 Å². The summed E-state index contributed by atoms with van der Waals surface area (Å²) in [6.07, 6.45) is 4.62. The van der Waals surface area contributed by atoms with Gasteiger partial charge >= 0.3 is 0 Å². The molecule has 3 heterocycles. The highest BCUT2D eigenvalue weighted by Gasteiger charge is 2.38. The fourth-order valence-electron chi connectivity index (χ4n) is 4.05. The van der Waals surface area contributed by atoms with Crippen molar-refractivity contribution in [3.05, 3.63) is 71.1 Å². The highest BCUT2D eigenvalue weighted by molar-refractivity contribution is 6.32. The summed E-state index contributed by atoms with van der Waals surface area (Å²) >= 11 is 6.31. The van der Waals surface area contributed by atoms with Crippen LogP contribution in [0.1, 0.15) is 30.7 Å².